The first-order valence-corrected chi connectivity index (χ1v) is 14.5. The van der Waals surface area contributed by atoms with Crippen LogP contribution in [0.5, 0.6) is 5.75 Å². The lowest BCUT2D eigenvalue weighted by atomic mass is 9.51. The molecule has 1 amide bonds. The van der Waals surface area contributed by atoms with Gasteiger partial charge in [0.25, 0.3) is 0 Å². The Labute approximate surface area is 209 Å². The lowest BCUT2D eigenvalue weighted by Crippen LogP contribution is -2.65. The number of hydrogen-bond donors (Lipinski definition) is 1. The molecule has 1 saturated heterocycles. The Kier molecular flexibility index (Phi) is 5.82. The van der Waals surface area contributed by atoms with Gasteiger partial charge in [0.15, 0.2) is 9.84 Å². The van der Waals surface area contributed by atoms with E-state index >= 15 is 0 Å². The van der Waals surface area contributed by atoms with Crippen LogP contribution in [-0.4, -0.2) is 42.7 Å². The summed E-state index contributed by atoms with van der Waals surface area (Å²) >= 11 is 0. The van der Waals surface area contributed by atoms with Crippen molar-refractivity contribution in [3.8, 4) is 5.75 Å². The minimum absolute atomic E-state index is 0.00875. The van der Waals surface area contributed by atoms with Gasteiger partial charge in [0.2, 0.25) is 5.91 Å². The van der Waals surface area contributed by atoms with Gasteiger partial charge in [-0.3, -0.25) is 4.79 Å². The predicted molar refractivity (Wildman–Crippen MR) is 137 cm³/mol. The molecule has 4 atom stereocenters. The Morgan fingerprint density at radius 2 is 1.80 bits per heavy atom. The second-order valence-corrected chi connectivity index (χ2v) is 13.9. The summed E-state index contributed by atoms with van der Waals surface area (Å²) in [5.74, 6) is 0.479. The highest BCUT2D eigenvalue weighted by molar-refractivity contribution is 7.91. The van der Waals surface area contributed by atoms with Gasteiger partial charge in [-0.2, -0.15) is 0 Å². The number of phenolic OH excluding ortho intramolecular Hbond substituents is 1. The number of rotatable bonds is 4. The number of aryl methyl sites for hydroxylation is 1. The number of hydrogen-bond acceptors (Lipinski definition) is 4. The van der Waals surface area contributed by atoms with Crippen LogP contribution in [0.25, 0.3) is 0 Å². The minimum atomic E-state index is -3.37. The van der Waals surface area contributed by atoms with Crippen molar-refractivity contribution in [2.24, 2.45) is 17.3 Å². The summed E-state index contributed by atoms with van der Waals surface area (Å²) < 4.78 is 25.9. The SMILES string of the molecule is Cc1ccc(S(=O)(=O)CC2CC[C@@H](C(=O)N3CC[C@@]4(C)c5cccc(O)c5C[C@@H]3C4(C)C)C2)cc1. The zero-order chi connectivity index (χ0) is 25.2. The van der Waals surface area contributed by atoms with Crippen LogP contribution in [0.15, 0.2) is 47.4 Å². The predicted octanol–water partition coefficient (Wildman–Crippen LogP) is 5.03. The Morgan fingerprint density at radius 3 is 2.51 bits per heavy atom. The topological polar surface area (TPSA) is 74.7 Å². The van der Waals surface area contributed by atoms with Crippen LogP contribution in [0.2, 0.25) is 0 Å². The first-order chi connectivity index (χ1) is 16.4. The van der Waals surface area contributed by atoms with Crippen molar-refractivity contribution in [2.75, 3.05) is 12.3 Å². The minimum Gasteiger partial charge on any atom is -0.508 e. The Morgan fingerprint density at radius 1 is 1.09 bits per heavy atom. The van der Waals surface area contributed by atoms with Gasteiger partial charge in [-0.25, -0.2) is 8.42 Å². The molecule has 1 aliphatic heterocycles. The molecule has 2 aliphatic carbocycles. The Balaban J connectivity index is 1.33. The van der Waals surface area contributed by atoms with E-state index in [4.69, 9.17) is 0 Å². The number of likely N-dealkylation sites (tertiary alicyclic amines) is 1. The number of phenols is 1. The highest BCUT2D eigenvalue weighted by Gasteiger charge is 2.57. The number of carbonyl (C=O) groups excluding carboxylic acids is 1. The molecule has 6 heteroatoms. The highest BCUT2D eigenvalue weighted by atomic mass is 32.2. The number of amides is 1. The maximum atomic E-state index is 13.8. The van der Waals surface area contributed by atoms with Gasteiger partial charge in [-0.1, -0.05) is 50.6 Å². The summed E-state index contributed by atoms with van der Waals surface area (Å²) in [6.07, 6.45) is 3.66. The largest absolute Gasteiger partial charge is 0.508 e. The highest BCUT2D eigenvalue weighted by Crippen LogP contribution is 2.57. The number of piperidine rings is 1. The van der Waals surface area contributed by atoms with Gasteiger partial charge in [0.1, 0.15) is 5.75 Å². The molecule has 188 valence electrons. The molecule has 1 unspecified atom stereocenters. The molecular weight excluding hydrogens is 458 g/mol. The molecule has 3 aliphatic rings. The van der Waals surface area contributed by atoms with Crippen molar-refractivity contribution < 1.29 is 18.3 Å². The number of carbonyl (C=O) groups is 1. The number of aromatic hydroxyl groups is 1. The molecule has 2 fully saturated rings. The quantitative estimate of drug-likeness (QED) is 0.645. The summed E-state index contributed by atoms with van der Waals surface area (Å²) in [4.78, 5) is 16.3. The van der Waals surface area contributed by atoms with E-state index in [1.807, 2.05) is 25.1 Å². The second kappa shape index (κ2) is 8.36. The van der Waals surface area contributed by atoms with Crippen LogP contribution in [0.1, 0.15) is 63.1 Å². The fourth-order valence-corrected chi connectivity index (χ4v) is 8.69. The number of nitrogens with zero attached hydrogens (tertiary/aromatic N) is 1. The van der Waals surface area contributed by atoms with Crippen LogP contribution in [0, 0.1) is 24.2 Å². The Bertz CT molecular complexity index is 1250. The molecule has 1 saturated carbocycles. The molecule has 2 bridgehead atoms. The van der Waals surface area contributed by atoms with Gasteiger partial charge in [0, 0.05) is 23.9 Å². The van der Waals surface area contributed by atoms with Gasteiger partial charge in [-0.15, -0.1) is 0 Å². The third-order valence-corrected chi connectivity index (χ3v) is 11.5. The standard InChI is InChI=1S/C29H37NO4S/c1-19-8-12-22(13-9-19)35(33,34)18-20-10-11-21(16-20)27(32)30-15-14-29(4)24-6-5-7-25(31)23(24)17-26(30)28(29,2)3/h5-9,12-13,20-21,26,31H,10-11,14-18H2,1-4H3/t20?,21-,26-,29+/m1/s1. The van der Waals surface area contributed by atoms with Crippen LogP contribution >= 0.6 is 0 Å². The van der Waals surface area contributed by atoms with E-state index in [1.54, 1.807) is 18.2 Å². The molecule has 5 nitrogen and oxygen atoms in total. The third kappa shape index (κ3) is 3.89. The first-order valence-electron chi connectivity index (χ1n) is 12.9. The smallest absolute Gasteiger partial charge is 0.225 e. The molecule has 35 heavy (non-hydrogen) atoms. The zero-order valence-electron chi connectivity index (χ0n) is 21.3. The van der Waals surface area contributed by atoms with E-state index in [0.717, 1.165) is 30.4 Å². The normalized spacial score (nSPS) is 29.6. The molecule has 0 radical (unpaired) electrons. The first kappa shape index (κ1) is 24.4. The van der Waals surface area contributed by atoms with Crippen LogP contribution in [0.4, 0.5) is 0 Å². The van der Waals surface area contributed by atoms with Gasteiger partial charge in [-0.05, 0) is 79.7 Å². The fraction of sp³-hybridized carbons (Fsp3) is 0.552. The van der Waals surface area contributed by atoms with Crippen molar-refractivity contribution in [2.45, 2.75) is 76.2 Å². The summed E-state index contributed by atoms with van der Waals surface area (Å²) in [7, 11) is -3.37. The number of fused-ring (bicyclic) bond motifs is 4. The van der Waals surface area contributed by atoms with E-state index in [9.17, 15) is 18.3 Å². The zero-order valence-corrected chi connectivity index (χ0v) is 22.1. The number of benzene rings is 2. The molecule has 0 spiro atoms. The molecule has 0 aromatic heterocycles. The molecule has 5 rings (SSSR count). The fourth-order valence-electron chi connectivity index (χ4n) is 7.03. The monoisotopic (exact) mass is 495 g/mol. The molecule has 1 N–H and O–H groups in total. The molecule has 2 aromatic carbocycles. The second-order valence-electron chi connectivity index (χ2n) is 11.8. The summed E-state index contributed by atoms with van der Waals surface area (Å²) in [5.41, 5.74) is 2.99. The van der Waals surface area contributed by atoms with Crippen molar-refractivity contribution in [3.05, 3.63) is 59.2 Å². The average molecular weight is 496 g/mol. The van der Waals surface area contributed by atoms with Crippen LogP contribution in [-0.2, 0) is 26.5 Å². The van der Waals surface area contributed by atoms with E-state index in [0.29, 0.717) is 30.0 Å². The molecule has 2 aromatic rings. The van der Waals surface area contributed by atoms with Crippen molar-refractivity contribution in [3.63, 3.8) is 0 Å². The molecular formula is C29H37NO4S. The van der Waals surface area contributed by atoms with Gasteiger partial charge in [0.05, 0.1) is 10.6 Å². The summed E-state index contributed by atoms with van der Waals surface area (Å²) in [5, 5.41) is 10.6. The molecule has 1 heterocycles. The third-order valence-electron chi connectivity index (χ3n) is 9.64. The lowest BCUT2D eigenvalue weighted by molar-refractivity contribution is -0.148. The number of sulfone groups is 1. The van der Waals surface area contributed by atoms with Gasteiger partial charge < -0.3 is 10.0 Å². The maximum absolute atomic E-state index is 13.8. The van der Waals surface area contributed by atoms with Crippen molar-refractivity contribution in [1.82, 2.24) is 4.90 Å². The lowest BCUT2D eigenvalue weighted by Gasteiger charge is -2.61. The van der Waals surface area contributed by atoms with E-state index in [-0.39, 0.29) is 40.4 Å². The summed E-state index contributed by atoms with van der Waals surface area (Å²) in [6.45, 7) is 9.45. The van der Waals surface area contributed by atoms with Crippen molar-refractivity contribution >= 4 is 15.7 Å². The average Bonchev–Trinajstić information content (AvgIpc) is 3.24. The van der Waals surface area contributed by atoms with Gasteiger partial charge >= 0.3 is 0 Å². The van der Waals surface area contributed by atoms with Crippen molar-refractivity contribution in [1.29, 1.82) is 0 Å². The van der Waals surface area contributed by atoms with Crippen LogP contribution in [0.3, 0.4) is 0 Å². The van der Waals surface area contributed by atoms with Crippen LogP contribution < -0.4 is 0 Å². The summed E-state index contributed by atoms with van der Waals surface area (Å²) in [6, 6.07) is 12.9. The maximum Gasteiger partial charge on any atom is 0.225 e. The van der Waals surface area contributed by atoms with E-state index < -0.39 is 9.84 Å². The van der Waals surface area contributed by atoms with E-state index in [1.165, 1.54) is 5.56 Å². The Hall–Kier alpha value is -2.34. The van der Waals surface area contributed by atoms with E-state index in [2.05, 4.69) is 31.7 Å².